The van der Waals surface area contributed by atoms with E-state index in [1.165, 1.54) is 15.9 Å². The highest BCUT2D eigenvalue weighted by molar-refractivity contribution is 7.96. The van der Waals surface area contributed by atoms with Crippen molar-refractivity contribution in [2.45, 2.75) is 18.6 Å². The molecule has 0 N–H and O–H groups in total. The molecule has 1 fully saturated rings. The molecule has 0 spiro atoms. The smallest absolute Gasteiger partial charge is 0.264 e. The van der Waals surface area contributed by atoms with Crippen molar-refractivity contribution >= 4 is 29.1 Å². The Morgan fingerprint density at radius 3 is 1.77 bits per heavy atom. The third-order valence-corrected chi connectivity index (χ3v) is 11.5. The normalized spacial score (nSPS) is 15.5. The van der Waals surface area contributed by atoms with Crippen LogP contribution in [0.15, 0.2) is 115 Å². The summed E-state index contributed by atoms with van der Waals surface area (Å²) in [5.41, 5.74) is 1.00. The summed E-state index contributed by atoms with van der Waals surface area (Å²) in [7, 11) is -0.555. The molecule has 0 radical (unpaired) electrons. The van der Waals surface area contributed by atoms with Crippen LogP contribution in [-0.4, -0.2) is 30.1 Å². The number of hydrogen-bond acceptors (Lipinski definition) is 2. The Morgan fingerprint density at radius 1 is 0.771 bits per heavy atom. The van der Waals surface area contributed by atoms with Crippen molar-refractivity contribution in [3.63, 3.8) is 0 Å². The number of carbonyl (C=O) groups excluding carboxylic acids is 1. The Kier molecular flexibility index (Phi) is 8.05. The first kappa shape index (κ1) is 25.2. The van der Waals surface area contributed by atoms with Gasteiger partial charge in [0.25, 0.3) is 5.91 Å². The number of nitrogens with zero attached hydrogens (tertiary/aromatic N) is 1. The summed E-state index contributed by atoms with van der Waals surface area (Å²) in [5, 5.41) is 3.77. The number of halogens is 1. The fourth-order valence-corrected chi connectivity index (χ4v) is 10.1. The standard InChI is InChI=1S/C30H29NO2P.BrH/c1-33-25-13-11-12-24(22-25)23-31-21-20-29(30(31)32)34(26-14-5-2-6-15-26,27-16-7-3-8-17-27)28-18-9-4-10-19-28;/h2-19,22,29H,20-21,23H2,1H3;1H/q+1;/p-1/t29-;/m1./s1. The minimum absolute atomic E-state index is 0. The quantitative estimate of drug-likeness (QED) is 0.331. The Labute approximate surface area is 218 Å². The van der Waals surface area contributed by atoms with Gasteiger partial charge < -0.3 is 26.6 Å². The molecule has 5 heteroatoms. The van der Waals surface area contributed by atoms with Crippen molar-refractivity contribution in [2.75, 3.05) is 13.7 Å². The SMILES string of the molecule is COc1cccc(CN2CC[C@@H]([P+](c3ccccc3)(c3ccccc3)c3ccccc3)C2=O)c1.[Br-]. The van der Waals surface area contributed by atoms with Gasteiger partial charge in [-0.3, -0.25) is 4.79 Å². The summed E-state index contributed by atoms with van der Waals surface area (Å²) in [4.78, 5) is 16.2. The molecule has 0 bridgehead atoms. The zero-order valence-electron chi connectivity index (χ0n) is 19.8. The molecule has 1 heterocycles. The lowest BCUT2D eigenvalue weighted by Gasteiger charge is -2.32. The van der Waals surface area contributed by atoms with Crippen LogP contribution >= 0.6 is 7.26 Å². The number of likely N-dealkylation sites (tertiary alicyclic amines) is 1. The van der Waals surface area contributed by atoms with Gasteiger partial charge in [0.05, 0.1) is 7.11 Å². The Morgan fingerprint density at radius 2 is 1.29 bits per heavy atom. The van der Waals surface area contributed by atoms with E-state index in [1.807, 2.05) is 23.1 Å². The van der Waals surface area contributed by atoms with Crippen molar-refractivity contribution in [2.24, 2.45) is 0 Å². The molecule has 1 amide bonds. The molecule has 4 aromatic carbocycles. The molecule has 1 aliphatic rings. The molecule has 0 saturated carbocycles. The van der Waals surface area contributed by atoms with E-state index in [4.69, 9.17) is 4.74 Å². The van der Waals surface area contributed by atoms with Crippen molar-refractivity contribution < 1.29 is 26.5 Å². The molecule has 0 unspecified atom stereocenters. The van der Waals surface area contributed by atoms with E-state index in [-0.39, 0.29) is 28.5 Å². The average molecular weight is 546 g/mol. The minimum atomic E-state index is -2.23. The summed E-state index contributed by atoms with van der Waals surface area (Å²) in [6, 6.07) is 40.1. The highest BCUT2D eigenvalue weighted by Gasteiger charge is 2.58. The third kappa shape index (κ3) is 4.78. The summed E-state index contributed by atoms with van der Waals surface area (Å²) in [5.74, 6) is 1.06. The van der Waals surface area contributed by atoms with E-state index >= 15 is 0 Å². The topological polar surface area (TPSA) is 29.5 Å². The van der Waals surface area contributed by atoms with Crippen LogP contribution in [-0.2, 0) is 11.3 Å². The van der Waals surface area contributed by atoms with Crippen molar-refractivity contribution in [1.82, 2.24) is 4.90 Å². The number of ether oxygens (including phenoxy) is 1. The molecular weight excluding hydrogens is 517 g/mol. The van der Waals surface area contributed by atoms with Crippen LogP contribution in [0.4, 0.5) is 0 Å². The monoisotopic (exact) mass is 545 g/mol. The predicted octanol–water partition coefficient (Wildman–Crippen LogP) is 1.79. The van der Waals surface area contributed by atoms with Gasteiger partial charge in [-0.15, -0.1) is 0 Å². The molecule has 4 aromatic rings. The number of methoxy groups -OCH3 is 1. The summed E-state index contributed by atoms with van der Waals surface area (Å²) in [6.45, 7) is 1.36. The lowest BCUT2D eigenvalue weighted by molar-refractivity contribution is -0.127. The number of benzene rings is 4. The fraction of sp³-hybridized carbons (Fsp3) is 0.167. The number of hydrogen-bond donors (Lipinski definition) is 0. The van der Waals surface area contributed by atoms with Crippen molar-refractivity contribution in [3.05, 3.63) is 121 Å². The average Bonchev–Trinajstić information content (AvgIpc) is 3.26. The van der Waals surface area contributed by atoms with Gasteiger partial charge in [-0.25, -0.2) is 0 Å². The Hall–Kier alpha value is -2.94. The second kappa shape index (κ2) is 11.2. The maximum Gasteiger partial charge on any atom is 0.264 e. The van der Waals surface area contributed by atoms with Gasteiger partial charge in [0, 0.05) is 19.5 Å². The zero-order chi connectivity index (χ0) is 23.4. The molecule has 0 aliphatic carbocycles. The molecule has 3 nitrogen and oxygen atoms in total. The molecule has 1 aliphatic heterocycles. The largest absolute Gasteiger partial charge is 1.00 e. The first-order chi connectivity index (χ1) is 16.7. The maximum absolute atomic E-state index is 14.2. The zero-order valence-corrected chi connectivity index (χ0v) is 22.2. The predicted molar refractivity (Wildman–Crippen MR) is 142 cm³/mol. The molecule has 1 atom stereocenters. The van der Waals surface area contributed by atoms with Gasteiger partial charge >= 0.3 is 0 Å². The van der Waals surface area contributed by atoms with Gasteiger partial charge in [0.2, 0.25) is 0 Å². The van der Waals surface area contributed by atoms with E-state index in [2.05, 4.69) is 97.1 Å². The maximum atomic E-state index is 14.2. The van der Waals surface area contributed by atoms with Gasteiger partial charge in [-0.05, 0) is 54.1 Å². The molecule has 0 aromatic heterocycles. The lowest BCUT2D eigenvalue weighted by Crippen LogP contribution is -3.00. The summed E-state index contributed by atoms with van der Waals surface area (Å²) >= 11 is 0. The van der Waals surface area contributed by atoms with E-state index in [9.17, 15) is 4.79 Å². The highest BCUT2D eigenvalue weighted by Crippen LogP contribution is 2.62. The number of carbonyl (C=O) groups is 1. The summed E-state index contributed by atoms with van der Waals surface area (Å²) in [6.07, 6.45) is 0.843. The molecule has 35 heavy (non-hydrogen) atoms. The van der Waals surface area contributed by atoms with E-state index < -0.39 is 7.26 Å². The Bertz CT molecular complexity index is 1150. The van der Waals surface area contributed by atoms with Crippen LogP contribution < -0.4 is 37.6 Å². The van der Waals surface area contributed by atoms with Crippen LogP contribution in [0.25, 0.3) is 0 Å². The molecular formula is C30H29BrNO2P. The van der Waals surface area contributed by atoms with Crippen LogP contribution in [0.5, 0.6) is 5.75 Å². The van der Waals surface area contributed by atoms with Crippen LogP contribution in [0.1, 0.15) is 12.0 Å². The first-order valence-corrected chi connectivity index (χ1v) is 13.6. The van der Waals surface area contributed by atoms with Crippen LogP contribution in [0, 0.1) is 0 Å². The van der Waals surface area contributed by atoms with Gasteiger partial charge in [0.1, 0.15) is 28.9 Å². The number of amides is 1. The fourth-order valence-electron chi connectivity index (χ4n) is 5.21. The highest BCUT2D eigenvalue weighted by atomic mass is 79.9. The van der Waals surface area contributed by atoms with Gasteiger partial charge in [-0.1, -0.05) is 66.7 Å². The third-order valence-electron chi connectivity index (χ3n) is 6.73. The van der Waals surface area contributed by atoms with Crippen molar-refractivity contribution in [1.29, 1.82) is 0 Å². The van der Waals surface area contributed by atoms with E-state index in [0.717, 1.165) is 24.3 Å². The van der Waals surface area contributed by atoms with Gasteiger partial charge in [0.15, 0.2) is 5.66 Å². The Balaban J connectivity index is 0.00000289. The lowest BCUT2D eigenvalue weighted by atomic mass is 10.2. The van der Waals surface area contributed by atoms with Gasteiger partial charge in [-0.2, -0.15) is 0 Å². The van der Waals surface area contributed by atoms with Crippen LogP contribution in [0.3, 0.4) is 0 Å². The summed E-state index contributed by atoms with van der Waals surface area (Å²) < 4.78 is 5.40. The molecule has 5 rings (SSSR count). The van der Waals surface area contributed by atoms with Crippen molar-refractivity contribution in [3.8, 4) is 5.75 Å². The minimum Gasteiger partial charge on any atom is -1.00 e. The second-order valence-electron chi connectivity index (χ2n) is 8.65. The molecule has 178 valence electrons. The molecule has 1 saturated heterocycles. The second-order valence-corrected chi connectivity index (χ2v) is 12.3. The number of rotatable bonds is 7. The van der Waals surface area contributed by atoms with E-state index in [1.54, 1.807) is 7.11 Å². The van der Waals surface area contributed by atoms with Crippen LogP contribution in [0.2, 0.25) is 0 Å². The first-order valence-electron chi connectivity index (χ1n) is 11.7. The van der Waals surface area contributed by atoms with E-state index in [0.29, 0.717) is 6.54 Å².